The largest absolute Gasteiger partial charge is 0.465 e. The summed E-state index contributed by atoms with van der Waals surface area (Å²) >= 11 is 0. The van der Waals surface area contributed by atoms with E-state index < -0.39 is 5.97 Å². The van der Waals surface area contributed by atoms with Crippen molar-refractivity contribution in [3.05, 3.63) is 52.3 Å². The summed E-state index contributed by atoms with van der Waals surface area (Å²) in [6.07, 6.45) is 2.93. The van der Waals surface area contributed by atoms with Crippen LogP contribution in [0.25, 0.3) is 0 Å². The molecule has 6 nitrogen and oxygen atoms in total. The van der Waals surface area contributed by atoms with Gasteiger partial charge in [0.1, 0.15) is 0 Å². The second-order valence-corrected chi connectivity index (χ2v) is 6.06. The van der Waals surface area contributed by atoms with Gasteiger partial charge < -0.3 is 10.1 Å². The fraction of sp³-hybridized carbons (Fsp3) is 0.389. The zero-order chi connectivity index (χ0) is 17.3. The number of nitrogens with zero attached hydrogens (tertiary/aromatic N) is 2. The maximum atomic E-state index is 12.5. The monoisotopic (exact) mass is 327 g/mol. The van der Waals surface area contributed by atoms with Gasteiger partial charge in [-0.05, 0) is 50.5 Å². The smallest absolute Gasteiger partial charge is 0.337 e. The number of aromatic nitrogens is 2. The number of nitrogens with one attached hydrogen (secondary N) is 1. The number of methoxy groups -OCH3 is 1. The average Bonchev–Trinajstić information content (AvgIpc) is 2.89. The molecule has 1 unspecified atom stereocenters. The third-order valence-corrected chi connectivity index (χ3v) is 4.52. The molecule has 3 rings (SSSR count). The van der Waals surface area contributed by atoms with E-state index in [-0.39, 0.29) is 11.9 Å². The summed E-state index contributed by atoms with van der Waals surface area (Å²) in [6, 6.07) is 6.46. The van der Waals surface area contributed by atoms with E-state index in [1.807, 2.05) is 18.7 Å². The first-order valence-corrected chi connectivity index (χ1v) is 8.03. The normalized spacial score (nSPS) is 16.4. The standard InChI is InChI=1S/C18H21N3O3/c1-11-16-14(5-4-6-15(16)21(2)20-11)19-17(22)12-7-9-13(10-8-12)18(23)24-3/h7-10,14H,4-6H2,1-3H3,(H,19,22). The van der Waals surface area contributed by atoms with Crippen molar-refractivity contribution >= 4 is 11.9 Å². The van der Waals surface area contributed by atoms with Gasteiger partial charge in [-0.2, -0.15) is 5.10 Å². The third-order valence-electron chi connectivity index (χ3n) is 4.52. The van der Waals surface area contributed by atoms with Crippen molar-refractivity contribution in [1.82, 2.24) is 15.1 Å². The van der Waals surface area contributed by atoms with E-state index >= 15 is 0 Å². The Labute approximate surface area is 140 Å². The second kappa shape index (κ2) is 6.47. The number of benzene rings is 1. The van der Waals surface area contributed by atoms with Gasteiger partial charge in [0.15, 0.2) is 0 Å². The van der Waals surface area contributed by atoms with Crippen LogP contribution in [0.5, 0.6) is 0 Å². The molecule has 0 bridgehead atoms. The molecular formula is C18H21N3O3. The molecule has 1 aromatic heterocycles. The lowest BCUT2D eigenvalue weighted by Gasteiger charge is -2.24. The van der Waals surface area contributed by atoms with Crippen LogP contribution in [0, 0.1) is 6.92 Å². The van der Waals surface area contributed by atoms with Crippen LogP contribution in [0.3, 0.4) is 0 Å². The second-order valence-electron chi connectivity index (χ2n) is 6.06. The number of fused-ring (bicyclic) bond motifs is 1. The number of hydrogen-bond donors (Lipinski definition) is 1. The molecular weight excluding hydrogens is 306 g/mol. The Morgan fingerprint density at radius 2 is 1.92 bits per heavy atom. The van der Waals surface area contributed by atoms with Gasteiger partial charge in [-0.25, -0.2) is 4.79 Å². The Kier molecular flexibility index (Phi) is 4.38. The molecule has 1 atom stereocenters. The summed E-state index contributed by atoms with van der Waals surface area (Å²) in [4.78, 5) is 24.0. The van der Waals surface area contributed by atoms with Crippen molar-refractivity contribution in [2.24, 2.45) is 7.05 Å². The summed E-state index contributed by atoms with van der Waals surface area (Å²) in [5.41, 5.74) is 4.26. The van der Waals surface area contributed by atoms with Gasteiger partial charge in [-0.15, -0.1) is 0 Å². The van der Waals surface area contributed by atoms with Crippen molar-refractivity contribution in [3.63, 3.8) is 0 Å². The Morgan fingerprint density at radius 3 is 2.58 bits per heavy atom. The first-order valence-electron chi connectivity index (χ1n) is 8.03. The minimum Gasteiger partial charge on any atom is -0.465 e. The highest BCUT2D eigenvalue weighted by molar-refractivity contribution is 5.96. The number of amides is 1. The molecule has 6 heteroatoms. The molecule has 0 fully saturated rings. The fourth-order valence-electron chi connectivity index (χ4n) is 3.35. The van der Waals surface area contributed by atoms with Gasteiger partial charge in [0.25, 0.3) is 5.91 Å². The summed E-state index contributed by atoms with van der Waals surface area (Å²) in [5.74, 6) is -0.558. The van der Waals surface area contributed by atoms with Crippen LogP contribution in [-0.2, 0) is 18.2 Å². The molecule has 0 spiro atoms. The van der Waals surface area contributed by atoms with Crippen molar-refractivity contribution in [3.8, 4) is 0 Å². The predicted octanol–water partition coefficient (Wildman–Crippen LogP) is 2.32. The van der Waals surface area contributed by atoms with Crippen molar-refractivity contribution in [2.75, 3.05) is 7.11 Å². The average molecular weight is 327 g/mol. The van der Waals surface area contributed by atoms with Gasteiger partial charge in [0.2, 0.25) is 0 Å². The number of rotatable bonds is 3. The first-order chi connectivity index (χ1) is 11.5. The van der Waals surface area contributed by atoms with E-state index in [2.05, 4.69) is 15.2 Å². The zero-order valence-electron chi connectivity index (χ0n) is 14.1. The molecule has 0 saturated heterocycles. The highest BCUT2D eigenvalue weighted by atomic mass is 16.5. The molecule has 1 heterocycles. The van der Waals surface area contributed by atoms with Crippen LogP contribution < -0.4 is 5.32 Å². The number of ether oxygens (including phenoxy) is 1. The van der Waals surface area contributed by atoms with E-state index in [0.717, 1.165) is 30.5 Å². The van der Waals surface area contributed by atoms with Gasteiger partial charge in [-0.1, -0.05) is 0 Å². The highest BCUT2D eigenvalue weighted by Crippen LogP contribution is 2.32. The Bertz CT molecular complexity index is 778. The lowest BCUT2D eigenvalue weighted by molar-refractivity contribution is 0.0600. The van der Waals surface area contributed by atoms with Crippen LogP contribution in [0.1, 0.15) is 56.6 Å². The Balaban J connectivity index is 1.78. The number of carbonyl (C=O) groups excluding carboxylic acids is 2. The molecule has 1 aliphatic carbocycles. The molecule has 1 aliphatic rings. The van der Waals surface area contributed by atoms with Crippen LogP contribution in [0.15, 0.2) is 24.3 Å². The molecule has 126 valence electrons. The molecule has 1 N–H and O–H groups in total. The van der Waals surface area contributed by atoms with E-state index in [0.29, 0.717) is 11.1 Å². The topological polar surface area (TPSA) is 73.2 Å². The number of carbonyl (C=O) groups is 2. The molecule has 2 aromatic rings. The first kappa shape index (κ1) is 16.2. The van der Waals surface area contributed by atoms with Crippen LogP contribution >= 0.6 is 0 Å². The maximum absolute atomic E-state index is 12.5. The molecule has 1 amide bonds. The maximum Gasteiger partial charge on any atom is 0.337 e. The van der Waals surface area contributed by atoms with Crippen molar-refractivity contribution < 1.29 is 14.3 Å². The Morgan fingerprint density at radius 1 is 1.25 bits per heavy atom. The van der Waals surface area contributed by atoms with E-state index in [1.165, 1.54) is 12.8 Å². The minimum absolute atomic E-state index is 0.0183. The highest BCUT2D eigenvalue weighted by Gasteiger charge is 2.27. The predicted molar refractivity (Wildman–Crippen MR) is 88.9 cm³/mol. The van der Waals surface area contributed by atoms with Crippen LogP contribution in [0.4, 0.5) is 0 Å². The molecule has 1 aromatic carbocycles. The van der Waals surface area contributed by atoms with Crippen LogP contribution in [0.2, 0.25) is 0 Å². The number of hydrogen-bond acceptors (Lipinski definition) is 4. The SMILES string of the molecule is COC(=O)c1ccc(C(=O)NC2CCCc3c2c(C)nn3C)cc1. The van der Waals surface area contributed by atoms with Gasteiger partial charge in [0, 0.05) is 23.9 Å². The Hall–Kier alpha value is -2.63. The van der Waals surface area contributed by atoms with Gasteiger partial charge in [-0.3, -0.25) is 9.48 Å². The lowest BCUT2D eigenvalue weighted by Crippen LogP contribution is -2.31. The van der Waals surface area contributed by atoms with E-state index in [9.17, 15) is 9.59 Å². The zero-order valence-corrected chi connectivity index (χ0v) is 14.1. The lowest BCUT2D eigenvalue weighted by atomic mass is 9.90. The molecule has 24 heavy (non-hydrogen) atoms. The van der Waals surface area contributed by atoms with Crippen LogP contribution in [-0.4, -0.2) is 28.8 Å². The summed E-state index contributed by atoms with van der Waals surface area (Å²) in [7, 11) is 3.28. The third kappa shape index (κ3) is 2.91. The van der Waals surface area contributed by atoms with E-state index in [1.54, 1.807) is 24.3 Å². The summed E-state index contributed by atoms with van der Waals surface area (Å²) < 4.78 is 6.57. The number of aryl methyl sites for hydroxylation is 2. The summed E-state index contributed by atoms with van der Waals surface area (Å²) in [6.45, 7) is 1.98. The molecule has 0 aliphatic heterocycles. The van der Waals surface area contributed by atoms with Gasteiger partial charge in [0.05, 0.1) is 24.4 Å². The molecule has 0 saturated carbocycles. The minimum atomic E-state index is -0.412. The van der Waals surface area contributed by atoms with Crippen molar-refractivity contribution in [2.45, 2.75) is 32.2 Å². The number of esters is 1. The van der Waals surface area contributed by atoms with Gasteiger partial charge >= 0.3 is 5.97 Å². The quantitative estimate of drug-likeness (QED) is 0.878. The van der Waals surface area contributed by atoms with Crippen molar-refractivity contribution in [1.29, 1.82) is 0 Å². The fourth-order valence-corrected chi connectivity index (χ4v) is 3.35. The summed E-state index contributed by atoms with van der Waals surface area (Å²) in [5, 5.41) is 7.58. The molecule has 0 radical (unpaired) electrons. The van der Waals surface area contributed by atoms with E-state index in [4.69, 9.17) is 0 Å².